The number of carbonyl (C=O) groups excluding carboxylic acids is 1. The first kappa shape index (κ1) is 25.7. The number of carboxylic acid groups (broad SMARTS) is 1. The van der Waals surface area contributed by atoms with Gasteiger partial charge in [0, 0.05) is 28.4 Å². The van der Waals surface area contributed by atoms with Crippen molar-refractivity contribution in [2.45, 2.75) is 46.3 Å². The van der Waals surface area contributed by atoms with Crippen molar-refractivity contribution >= 4 is 40.0 Å². The summed E-state index contributed by atoms with van der Waals surface area (Å²) in [5, 5.41) is 13.8. The number of para-hydroxylation sites is 1. The van der Waals surface area contributed by atoms with Crippen molar-refractivity contribution < 1.29 is 29.0 Å². The molecule has 2 aromatic heterocycles. The molecule has 0 radical (unpaired) electrons. The van der Waals surface area contributed by atoms with E-state index in [0.29, 0.717) is 29.3 Å². The largest absolute Gasteiger partial charge is 0.486 e. The number of carboxylic acids is 1. The number of aryl methyl sites for hydroxylation is 1. The number of aromatic amines is 1. The third-order valence-electron chi connectivity index (χ3n) is 5.56. The molecule has 2 heterocycles. The van der Waals surface area contributed by atoms with E-state index in [9.17, 15) is 9.59 Å². The number of hydrogen-bond donors (Lipinski definition) is 2. The Bertz CT molecular complexity index is 1480. The minimum atomic E-state index is -1.20. The molecule has 0 bridgehead atoms. The molecule has 0 aliphatic heterocycles. The third-order valence-corrected chi connectivity index (χ3v) is 5.56. The van der Waals surface area contributed by atoms with Crippen LogP contribution in [0, 0.1) is 6.92 Å². The van der Waals surface area contributed by atoms with Crippen LogP contribution >= 0.6 is 0 Å². The highest BCUT2D eigenvalue weighted by molar-refractivity contribution is 6.21. The Hall–Kier alpha value is -4.40. The fourth-order valence-corrected chi connectivity index (χ4v) is 4.05. The normalized spacial score (nSPS) is 11.8. The van der Waals surface area contributed by atoms with Crippen LogP contribution in [0.1, 0.15) is 48.1 Å². The highest BCUT2D eigenvalue weighted by atomic mass is 16.6. The topological polar surface area (TPSA) is 123 Å². The van der Waals surface area contributed by atoms with Crippen LogP contribution < -0.4 is 4.74 Å². The smallest absolute Gasteiger partial charge is 0.350 e. The van der Waals surface area contributed by atoms with Crippen LogP contribution in [0.2, 0.25) is 0 Å². The summed E-state index contributed by atoms with van der Waals surface area (Å²) in [7, 11) is 0. The number of esters is 1. The second-order valence-corrected chi connectivity index (χ2v) is 9.53. The van der Waals surface area contributed by atoms with Gasteiger partial charge in [-0.1, -0.05) is 29.4 Å². The van der Waals surface area contributed by atoms with E-state index in [1.165, 1.54) is 0 Å². The van der Waals surface area contributed by atoms with Crippen molar-refractivity contribution in [1.82, 2.24) is 9.97 Å². The first-order chi connectivity index (χ1) is 17.6. The number of nitrogens with zero attached hydrogens (tertiary/aromatic N) is 2. The molecule has 0 saturated heterocycles. The molecule has 0 aliphatic carbocycles. The van der Waals surface area contributed by atoms with Crippen LogP contribution in [0.25, 0.3) is 21.8 Å². The van der Waals surface area contributed by atoms with Crippen LogP contribution in [0.4, 0.5) is 0 Å². The maximum atomic E-state index is 13.4. The Labute approximate surface area is 214 Å². The zero-order valence-corrected chi connectivity index (χ0v) is 21.2. The number of ether oxygens (including phenoxy) is 2. The minimum absolute atomic E-state index is 0.122. The van der Waals surface area contributed by atoms with Gasteiger partial charge in [0.15, 0.2) is 6.21 Å². The highest BCUT2D eigenvalue weighted by Crippen LogP contribution is 2.34. The van der Waals surface area contributed by atoms with E-state index >= 15 is 0 Å². The number of pyridine rings is 1. The monoisotopic (exact) mass is 503 g/mol. The van der Waals surface area contributed by atoms with Crippen molar-refractivity contribution in [2.24, 2.45) is 5.16 Å². The summed E-state index contributed by atoms with van der Waals surface area (Å²) in [6, 6.07) is 15.3. The Balaban J connectivity index is 1.69. The van der Waals surface area contributed by atoms with Gasteiger partial charge in [-0.15, -0.1) is 0 Å². The van der Waals surface area contributed by atoms with Gasteiger partial charge >= 0.3 is 11.9 Å². The van der Waals surface area contributed by atoms with E-state index in [1.54, 1.807) is 6.07 Å². The number of rotatable bonds is 9. The van der Waals surface area contributed by atoms with Gasteiger partial charge < -0.3 is 24.4 Å². The number of oxime groups is 1. The van der Waals surface area contributed by atoms with Crippen molar-refractivity contribution in [3.05, 3.63) is 71.0 Å². The van der Waals surface area contributed by atoms with E-state index in [2.05, 4.69) is 15.1 Å². The molecule has 9 heteroatoms. The summed E-state index contributed by atoms with van der Waals surface area (Å²) < 4.78 is 11.9. The highest BCUT2D eigenvalue weighted by Gasteiger charge is 2.26. The molecule has 0 unspecified atom stereocenters. The van der Waals surface area contributed by atoms with E-state index in [-0.39, 0.29) is 13.2 Å². The first-order valence-corrected chi connectivity index (χ1v) is 11.9. The molecule has 9 nitrogen and oxygen atoms in total. The van der Waals surface area contributed by atoms with Gasteiger partial charge in [0.05, 0.1) is 11.2 Å². The van der Waals surface area contributed by atoms with Gasteiger partial charge in [0.2, 0.25) is 0 Å². The average Bonchev–Trinajstić information content (AvgIpc) is 3.15. The summed E-state index contributed by atoms with van der Waals surface area (Å²) in [6.07, 6.45) is 1.06. The number of fused-ring (bicyclic) bond motifs is 2. The summed E-state index contributed by atoms with van der Waals surface area (Å²) in [4.78, 5) is 37.1. The van der Waals surface area contributed by atoms with Gasteiger partial charge in [-0.25, -0.2) is 14.6 Å². The van der Waals surface area contributed by atoms with Gasteiger partial charge in [-0.3, -0.25) is 0 Å². The molecule has 192 valence electrons. The van der Waals surface area contributed by atoms with Crippen molar-refractivity contribution in [1.29, 1.82) is 0 Å². The molecule has 0 amide bonds. The van der Waals surface area contributed by atoms with Gasteiger partial charge in [0.25, 0.3) is 0 Å². The number of nitrogens with one attached hydrogen (secondary N) is 1. The van der Waals surface area contributed by atoms with Gasteiger partial charge in [-0.2, -0.15) is 0 Å². The quantitative estimate of drug-likeness (QED) is 0.139. The van der Waals surface area contributed by atoms with Crippen LogP contribution in [0.3, 0.4) is 0 Å². The fraction of sp³-hybridized carbons (Fsp3) is 0.286. The second kappa shape index (κ2) is 10.7. The molecule has 2 N–H and O–H groups in total. The number of aromatic nitrogens is 2. The lowest BCUT2D eigenvalue weighted by Gasteiger charge is -2.21. The Morgan fingerprint density at radius 3 is 2.65 bits per heavy atom. The summed E-state index contributed by atoms with van der Waals surface area (Å²) in [5.74, 6) is -1.33. The molecule has 2 aromatic carbocycles. The van der Waals surface area contributed by atoms with E-state index in [4.69, 9.17) is 19.4 Å². The number of benzene rings is 2. The van der Waals surface area contributed by atoms with Crippen LogP contribution in [-0.4, -0.2) is 45.4 Å². The molecule has 0 fully saturated rings. The molecule has 4 aromatic rings. The maximum Gasteiger partial charge on any atom is 0.350 e. The van der Waals surface area contributed by atoms with Gasteiger partial charge in [0.1, 0.15) is 30.1 Å². The number of H-pyrrole nitrogens is 1. The number of carbonyl (C=O) groups is 2. The maximum absolute atomic E-state index is 13.4. The molecule has 0 spiro atoms. The van der Waals surface area contributed by atoms with Crippen molar-refractivity contribution in [3.63, 3.8) is 0 Å². The molecule has 4 rings (SSSR count). The molecular weight excluding hydrogens is 474 g/mol. The van der Waals surface area contributed by atoms with E-state index < -0.39 is 17.5 Å². The van der Waals surface area contributed by atoms with E-state index in [1.807, 2.05) is 70.2 Å². The SMILES string of the molecule is Cc1[nH]c2ccc(OCc3ccc4ccccc4n3)c(C(=O)OC(C)(C)C)c2c1CCON=CC(=O)O. The summed E-state index contributed by atoms with van der Waals surface area (Å²) in [6.45, 7) is 7.61. The minimum Gasteiger partial charge on any atom is -0.486 e. The predicted octanol–water partition coefficient (Wildman–Crippen LogP) is 5.19. The fourth-order valence-electron chi connectivity index (χ4n) is 4.05. The number of aliphatic carboxylic acids is 1. The van der Waals surface area contributed by atoms with Crippen LogP contribution in [-0.2, 0) is 27.4 Å². The van der Waals surface area contributed by atoms with E-state index in [0.717, 1.165) is 33.4 Å². The van der Waals surface area contributed by atoms with Crippen LogP contribution in [0.5, 0.6) is 5.75 Å². The van der Waals surface area contributed by atoms with Crippen molar-refractivity contribution in [3.8, 4) is 5.75 Å². The van der Waals surface area contributed by atoms with Gasteiger partial charge in [-0.05, 0) is 57.5 Å². The zero-order chi connectivity index (χ0) is 26.6. The standard InChI is InChI=1S/C28H29N3O6/c1-17-20(13-14-36-29-15-24(32)33)25-22(30-17)11-12-23(26(25)27(34)37-28(2,3)4)35-16-19-10-9-18-7-5-6-8-21(18)31-19/h5-12,15,30H,13-14,16H2,1-4H3,(H,32,33). The lowest BCUT2D eigenvalue weighted by Crippen LogP contribution is -2.24. The number of hydrogen-bond acceptors (Lipinski definition) is 7. The Morgan fingerprint density at radius 2 is 1.89 bits per heavy atom. The molecule has 0 aliphatic rings. The summed E-state index contributed by atoms with van der Waals surface area (Å²) in [5.41, 5.74) is 3.61. The second-order valence-electron chi connectivity index (χ2n) is 9.53. The third kappa shape index (κ3) is 6.24. The van der Waals surface area contributed by atoms with Crippen molar-refractivity contribution in [2.75, 3.05) is 6.61 Å². The average molecular weight is 504 g/mol. The molecule has 0 atom stereocenters. The molecule has 0 saturated carbocycles. The first-order valence-electron chi connectivity index (χ1n) is 11.9. The Morgan fingerprint density at radius 1 is 1.11 bits per heavy atom. The lowest BCUT2D eigenvalue weighted by atomic mass is 10.0. The molecular formula is C28H29N3O6. The molecule has 37 heavy (non-hydrogen) atoms. The summed E-state index contributed by atoms with van der Waals surface area (Å²) >= 11 is 0. The van der Waals surface area contributed by atoms with Crippen LogP contribution in [0.15, 0.2) is 53.7 Å². The predicted molar refractivity (Wildman–Crippen MR) is 140 cm³/mol. The lowest BCUT2D eigenvalue weighted by molar-refractivity contribution is -0.129. The Kier molecular flexibility index (Phi) is 7.42. The zero-order valence-electron chi connectivity index (χ0n) is 21.2.